The summed E-state index contributed by atoms with van der Waals surface area (Å²) in [4.78, 5) is 10.7. The summed E-state index contributed by atoms with van der Waals surface area (Å²) in [5.41, 5.74) is 0.278. The SMILES string of the molecule is CCCCCCC/C=C/COc1ccc(C(=O)O)cc1. The molecule has 0 heterocycles. The number of allylic oxidation sites excluding steroid dienone is 1. The Labute approximate surface area is 121 Å². The van der Waals surface area contributed by atoms with E-state index in [-0.39, 0.29) is 5.56 Å². The molecule has 0 spiro atoms. The van der Waals surface area contributed by atoms with Crippen LogP contribution >= 0.6 is 0 Å². The number of rotatable bonds is 10. The zero-order valence-electron chi connectivity index (χ0n) is 12.2. The Morgan fingerprint density at radius 1 is 1.10 bits per heavy atom. The topological polar surface area (TPSA) is 46.5 Å². The lowest BCUT2D eigenvalue weighted by atomic mass is 10.1. The molecular weight excluding hydrogens is 252 g/mol. The quantitative estimate of drug-likeness (QED) is 0.498. The monoisotopic (exact) mass is 276 g/mol. The summed E-state index contributed by atoms with van der Waals surface area (Å²) in [6.07, 6.45) is 11.8. The van der Waals surface area contributed by atoms with Crippen LogP contribution in [0.1, 0.15) is 55.8 Å². The molecule has 1 N–H and O–H groups in total. The second-order valence-electron chi connectivity index (χ2n) is 4.81. The van der Waals surface area contributed by atoms with Crippen molar-refractivity contribution >= 4 is 5.97 Å². The molecule has 0 fully saturated rings. The molecule has 3 nitrogen and oxygen atoms in total. The van der Waals surface area contributed by atoms with E-state index in [2.05, 4.69) is 13.0 Å². The lowest BCUT2D eigenvalue weighted by molar-refractivity contribution is 0.0697. The van der Waals surface area contributed by atoms with Crippen molar-refractivity contribution in [3.63, 3.8) is 0 Å². The molecule has 110 valence electrons. The second-order valence-corrected chi connectivity index (χ2v) is 4.81. The van der Waals surface area contributed by atoms with E-state index in [4.69, 9.17) is 9.84 Å². The molecule has 0 radical (unpaired) electrons. The fourth-order valence-corrected chi connectivity index (χ4v) is 1.89. The minimum Gasteiger partial charge on any atom is -0.490 e. The van der Waals surface area contributed by atoms with Crippen LogP contribution < -0.4 is 4.74 Å². The first-order chi connectivity index (χ1) is 9.74. The summed E-state index contributed by atoms with van der Waals surface area (Å²) in [5.74, 6) is -0.220. The van der Waals surface area contributed by atoms with Crippen LogP contribution in [0.2, 0.25) is 0 Å². The van der Waals surface area contributed by atoms with Crippen LogP contribution in [0.3, 0.4) is 0 Å². The molecule has 0 bridgehead atoms. The number of hydrogen-bond acceptors (Lipinski definition) is 2. The number of unbranched alkanes of at least 4 members (excludes halogenated alkanes) is 5. The normalized spacial score (nSPS) is 10.8. The van der Waals surface area contributed by atoms with Gasteiger partial charge in [0.15, 0.2) is 0 Å². The van der Waals surface area contributed by atoms with Crippen LogP contribution in [0.15, 0.2) is 36.4 Å². The number of aromatic carboxylic acids is 1. The smallest absolute Gasteiger partial charge is 0.335 e. The first-order valence-electron chi connectivity index (χ1n) is 7.35. The summed E-state index contributed by atoms with van der Waals surface area (Å²) in [5, 5.41) is 8.77. The minimum atomic E-state index is -0.917. The summed E-state index contributed by atoms with van der Waals surface area (Å²) in [7, 11) is 0. The summed E-state index contributed by atoms with van der Waals surface area (Å²) >= 11 is 0. The maximum Gasteiger partial charge on any atom is 0.335 e. The third-order valence-electron chi connectivity index (χ3n) is 3.09. The van der Waals surface area contributed by atoms with Crippen LogP contribution in [0.4, 0.5) is 0 Å². The fourth-order valence-electron chi connectivity index (χ4n) is 1.89. The van der Waals surface area contributed by atoms with E-state index in [1.807, 2.05) is 6.08 Å². The van der Waals surface area contributed by atoms with E-state index >= 15 is 0 Å². The average molecular weight is 276 g/mol. The van der Waals surface area contributed by atoms with E-state index in [9.17, 15) is 4.79 Å². The van der Waals surface area contributed by atoms with Crippen molar-refractivity contribution in [2.75, 3.05) is 6.61 Å². The maximum atomic E-state index is 10.7. The molecule has 0 unspecified atom stereocenters. The van der Waals surface area contributed by atoms with Gasteiger partial charge in [0.2, 0.25) is 0 Å². The number of carbonyl (C=O) groups is 1. The van der Waals surface area contributed by atoms with Gasteiger partial charge >= 0.3 is 5.97 Å². The van der Waals surface area contributed by atoms with Crippen molar-refractivity contribution in [3.05, 3.63) is 42.0 Å². The van der Waals surface area contributed by atoms with Crippen LogP contribution in [0.25, 0.3) is 0 Å². The Hall–Kier alpha value is -1.77. The summed E-state index contributed by atoms with van der Waals surface area (Å²) in [6, 6.07) is 6.47. The Morgan fingerprint density at radius 3 is 2.45 bits per heavy atom. The Balaban J connectivity index is 2.12. The lowest BCUT2D eigenvalue weighted by Crippen LogP contribution is -1.97. The van der Waals surface area contributed by atoms with Gasteiger partial charge in [0.1, 0.15) is 12.4 Å². The molecular formula is C17H24O3. The Morgan fingerprint density at radius 2 is 1.80 bits per heavy atom. The fraction of sp³-hybridized carbons (Fsp3) is 0.471. The molecule has 0 aliphatic heterocycles. The number of benzene rings is 1. The van der Waals surface area contributed by atoms with E-state index in [0.29, 0.717) is 12.4 Å². The highest BCUT2D eigenvalue weighted by atomic mass is 16.5. The molecule has 1 aromatic carbocycles. The number of ether oxygens (including phenoxy) is 1. The molecule has 0 saturated carbocycles. The van der Waals surface area contributed by atoms with Gasteiger partial charge in [-0.15, -0.1) is 0 Å². The summed E-state index contributed by atoms with van der Waals surface area (Å²) in [6.45, 7) is 2.75. The predicted octanol–water partition coefficient (Wildman–Crippen LogP) is 4.68. The first-order valence-corrected chi connectivity index (χ1v) is 7.35. The van der Waals surface area contributed by atoms with E-state index < -0.39 is 5.97 Å². The first kappa shape index (κ1) is 16.3. The van der Waals surface area contributed by atoms with Crippen molar-refractivity contribution in [1.82, 2.24) is 0 Å². The van der Waals surface area contributed by atoms with E-state index in [0.717, 1.165) is 6.42 Å². The van der Waals surface area contributed by atoms with Gasteiger partial charge in [-0.25, -0.2) is 4.79 Å². The zero-order chi connectivity index (χ0) is 14.6. The molecule has 0 aromatic heterocycles. The van der Waals surface area contributed by atoms with Gasteiger partial charge in [-0.3, -0.25) is 0 Å². The molecule has 0 atom stereocenters. The van der Waals surface area contributed by atoms with Gasteiger partial charge in [-0.05, 0) is 37.1 Å². The van der Waals surface area contributed by atoms with Crippen molar-refractivity contribution in [1.29, 1.82) is 0 Å². The lowest BCUT2D eigenvalue weighted by Gasteiger charge is -2.03. The highest BCUT2D eigenvalue weighted by Gasteiger charge is 2.01. The average Bonchev–Trinajstić information content (AvgIpc) is 2.46. The predicted molar refractivity (Wildman–Crippen MR) is 81.4 cm³/mol. The minimum absolute atomic E-state index is 0.278. The number of hydrogen-bond donors (Lipinski definition) is 1. The molecule has 20 heavy (non-hydrogen) atoms. The van der Waals surface area contributed by atoms with Gasteiger partial charge in [-0.2, -0.15) is 0 Å². The van der Waals surface area contributed by atoms with Gasteiger partial charge in [-0.1, -0.05) is 44.8 Å². The van der Waals surface area contributed by atoms with Crippen LogP contribution in [-0.4, -0.2) is 17.7 Å². The van der Waals surface area contributed by atoms with Gasteiger partial charge in [0.05, 0.1) is 5.56 Å². The van der Waals surface area contributed by atoms with Crippen LogP contribution in [-0.2, 0) is 0 Å². The van der Waals surface area contributed by atoms with Gasteiger partial charge in [0.25, 0.3) is 0 Å². The van der Waals surface area contributed by atoms with Crippen molar-refractivity contribution < 1.29 is 14.6 Å². The van der Waals surface area contributed by atoms with Crippen molar-refractivity contribution in [3.8, 4) is 5.75 Å². The van der Waals surface area contributed by atoms with Crippen LogP contribution in [0.5, 0.6) is 5.75 Å². The molecule has 0 aliphatic rings. The standard InChI is InChI=1S/C17H24O3/c1-2-3-4-5-6-7-8-9-14-20-16-12-10-15(11-13-16)17(18)19/h8-13H,2-7,14H2,1H3,(H,18,19)/b9-8+. The third kappa shape index (κ3) is 6.98. The van der Waals surface area contributed by atoms with Crippen molar-refractivity contribution in [2.24, 2.45) is 0 Å². The molecule has 0 amide bonds. The zero-order valence-corrected chi connectivity index (χ0v) is 12.2. The van der Waals surface area contributed by atoms with Gasteiger partial charge in [0, 0.05) is 0 Å². The Bertz CT molecular complexity index is 407. The second kappa shape index (κ2) is 10.1. The molecule has 1 rings (SSSR count). The molecule has 0 aliphatic carbocycles. The molecule has 1 aromatic rings. The molecule has 0 saturated heterocycles. The highest BCUT2D eigenvalue weighted by molar-refractivity contribution is 5.87. The van der Waals surface area contributed by atoms with Crippen molar-refractivity contribution in [2.45, 2.75) is 45.4 Å². The van der Waals surface area contributed by atoms with Gasteiger partial charge < -0.3 is 9.84 Å². The largest absolute Gasteiger partial charge is 0.490 e. The van der Waals surface area contributed by atoms with E-state index in [1.54, 1.807) is 24.3 Å². The highest BCUT2D eigenvalue weighted by Crippen LogP contribution is 2.12. The maximum absolute atomic E-state index is 10.7. The van der Waals surface area contributed by atoms with E-state index in [1.165, 1.54) is 32.1 Å². The van der Waals surface area contributed by atoms with Crippen LogP contribution in [0, 0.1) is 0 Å². The molecule has 3 heteroatoms. The number of carboxylic acids is 1. The Kier molecular flexibility index (Phi) is 8.20. The summed E-state index contributed by atoms with van der Waals surface area (Å²) < 4.78 is 5.51. The third-order valence-corrected chi connectivity index (χ3v) is 3.09. The number of carboxylic acid groups (broad SMARTS) is 1.